The quantitative estimate of drug-likeness (QED) is 0.320. The number of methoxy groups -OCH3 is 1. The number of benzene rings is 1. The van der Waals surface area contributed by atoms with Crippen molar-refractivity contribution >= 4 is 30.6 Å². The summed E-state index contributed by atoms with van der Waals surface area (Å²) in [6.07, 6.45) is -3.64. The summed E-state index contributed by atoms with van der Waals surface area (Å²) in [4.78, 5) is 23.6. The molecule has 0 bridgehead atoms. The Labute approximate surface area is 215 Å². The highest BCUT2D eigenvalue weighted by Gasteiger charge is 2.56. The van der Waals surface area contributed by atoms with E-state index in [1.807, 2.05) is 0 Å². The number of nitrogens with two attached hydrogens (primary N) is 1. The van der Waals surface area contributed by atoms with Crippen LogP contribution in [-0.4, -0.2) is 68.0 Å². The number of rotatable bonds is 10. The van der Waals surface area contributed by atoms with Crippen LogP contribution in [0.3, 0.4) is 0 Å². The maximum Gasteiger partial charge on any atom is 0.459 e. The number of aromatic nitrogens is 4. The van der Waals surface area contributed by atoms with Gasteiger partial charge in [0.1, 0.15) is 23.7 Å². The first-order valence-corrected chi connectivity index (χ1v) is 12.6. The van der Waals surface area contributed by atoms with Crippen molar-refractivity contribution in [1.82, 2.24) is 24.6 Å². The van der Waals surface area contributed by atoms with Crippen molar-refractivity contribution < 1.29 is 41.5 Å². The van der Waals surface area contributed by atoms with Crippen LogP contribution in [0.2, 0.25) is 0 Å². The van der Waals surface area contributed by atoms with Crippen LogP contribution in [0, 0.1) is 0 Å². The number of para-hydroxylation sites is 1. The average Bonchev–Trinajstić information content (AvgIpc) is 3.35. The lowest BCUT2D eigenvalue weighted by molar-refractivity contribution is -0.118. The molecule has 2 aromatic heterocycles. The molecule has 0 amide bonds. The molecule has 6 atom stereocenters. The van der Waals surface area contributed by atoms with Gasteiger partial charge in [0.05, 0.1) is 30.1 Å². The van der Waals surface area contributed by atoms with E-state index in [0.717, 1.165) is 17.8 Å². The monoisotopic (exact) mass is 541 g/mol. The van der Waals surface area contributed by atoms with Gasteiger partial charge >= 0.3 is 7.75 Å². The fraction of sp³-hybridized carbons (Fsp3) is 0.455. The second kappa shape index (κ2) is 10.3. The van der Waals surface area contributed by atoms with Crippen LogP contribution in [0.1, 0.15) is 31.1 Å². The Morgan fingerprint density at radius 3 is 2.84 bits per heavy atom. The summed E-state index contributed by atoms with van der Waals surface area (Å²) in [7, 11) is -7.11. The molecule has 15 heteroatoms. The Kier molecular flexibility index (Phi) is 6.40. The largest absolute Gasteiger partial charge is 0.479 e. The van der Waals surface area contributed by atoms with Crippen LogP contribution >= 0.6 is 7.75 Å². The van der Waals surface area contributed by atoms with E-state index >= 15 is 4.39 Å². The fourth-order valence-electron chi connectivity index (χ4n) is 3.71. The summed E-state index contributed by atoms with van der Waals surface area (Å²) in [6, 6.07) is 7.11. The predicted octanol–water partition coefficient (Wildman–Crippen LogP) is 2.17. The number of carbonyl (C=O) groups is 1. The summed E-state index contributed by atoms with van der Waals surface area (Å²) < 4.78 is 74.2. The first-order valence-electron chi connectivity index (χ1n) is 12.6. The van der Waals surface area contributed by atoms with Crippen molar-refractivity contribution in [3.63, 3.8) is 0 Å². The number of anilines is 1. The molecule has 4 N–H and O–H groups in total. The molecule has 1 fully saturated rings. The summed E-state index contributed by atoms with van der Waals surface area (Å²) in [5, 5.41) is 13.3. The number of imidazole rings is 1. The number of alkyl halides is 1. The van der Waals surface area contributed by atoms with Crippen molar-refractivity contribution in [2.24, 2.45) is 0 Å². The number of aliphatic hydroxyl groups is 1. The summed E-state index contributed by atoms with van der Waals surface area (Å²) in [5.41, 5.74) is 2.97. The number of Topliss-reactive ketones (excluding diaryl/α,β-unsaturated/α-hetero) is 1. The standard InChI is InChI=1S/C22H28FN6O7P/c1-12(13(2)30)28-37(32,36-14-8-6-5-7-9-14)34-10-15-17(31)22(3,23)20(35-15)29-11-25-16-18(29)26-21(24)27-19(16)33-4/h5-9,11-12,15,17,20,31H,10H2,1-4H3,(H,28,32)(H2,24,26,27)/t12-,15+,17+,20+,22+,37?/m0/s1/i4D3. The van der Waals surface area contributed by atoms with Crippen LogP contribution in [0.5, 0.6) is 11.6 Å². The van der Waals surface area contributed by atoms with Gasteiger partial charge in [-0.3, -0.25) is 13.9 Å². The van der Waals surface area contributed by atoms with Gasteiger partial charge in [-0.15, -0.1) is 0 Å². The number of fused-ring (bicyclic) bond motifs is 1. The molecule has 3 heterocycles. The third kappa shape index (κ3) is 5.43. The van der Waals surface area contributed by atoms with Gasteiger partial charge in [0.25, 0.3) is 0 Å². The van der Waals surface area contributed by atoms with Crippen LogP contribution in [0.15, 0.2) is 36.7 Å². The molecule has 1 aromatic carbocycles. The zero-order valence-corrected chi connectivity index (χ0v) is 21.0. The zero-order valence-electron chi connectivity index (χ0n) is 23.1. The van der Waals surface area contributed by atoms with Gasteiger partial charge in [0, 0.05) is 0 Å². The Morgan fingerprint density at radius 2 is 2.16 bits per heavy atom. The second-order valence-corrected chi connectivity index (χ2v) is 10.3. The Morgan fingerprint density at radius 1 is 1.43 bits per heavy atom. The summed E-state index contributed by atoms with van der Waals surface area (Å²) in [6.45, 7) is 3.20. The summed E-state index contributed by atoms with van der Waals surface area (Å²) in [5.74, 6) is -1.00. The molecule has 4 rings (SSSR count). The lowest BCUT2D eigenvalue weighted by atomic mass is 9.98. The maximum absolute atomic E-state index is 15.9. The van der Waals surface area contributed by atoms with Crippen molar-refractivity contribution in [2.45, 2.75) is 50.9 Å². The number of aliphatic hydroxyl groups excluding tert-OH is 1. The van der Waals surface area contributed by atoms with Gasteiger partial charge in [0.2, 0.25) is 11.8 Å². The van der Waals surface area contributed by atoms with Gasteiger partial charge < -0.3 is 24.8 Å². The molecule has 3 aromatic rings. The van der Waals surface area contributed by atoms with E-state index in [-0.39, 0.29) is 28.6 Å². The van der Waals surface area contributed by atoms with Crippen molar-refractivity contribution in [3.05, 3.63) is 36.7 Å². The van der Waals surface area contributed by atoms with Gasteiger partial charge in [0.15, 0.2) is 23.1 Å². The average molecular weight is 541 g/mol. The number of carbonyl (C=O) groups excluding carboxylic acids is 1. The molecule has 0 saturated carbocycles. The lowest BCUT2D eigenvalue weighted by Gasteiger charge is -2.25. The minimum atomic E-state index is -4.23. The van der Waals surface area contributed by atoms with Gasteiger partial charge in [-0.2, -0.15) is 9.97 Å². The van der Waals surface area contributed by atoms with Crippen LogP contribution < -0.4 is 20.1 Å². The number of hydrogen-bond donors (Lipinski definition) is 3. The molecule has 0 radical (unpaired) electrons. The molecule has 0 aliphatic carbocycles. The maximum atomic E-state index is 15.9. The van der Waals surface area contributed by atoms with Crippen LogP contribution in [-0.2, 0) is 18.6 Å². The number of nitrogen functional groups attached to an aromatic ring is 1. The highest BCUT2D eigenvalue weighted by Crippen LogP contribution is 2.48. The zero-order chi connectivity index (χ0) is 29.5. The minimum absolute atomic E-state index is 0.121. The molecular weight excluding hydrogens is 510 g/mol. The van der Waals surface area contributed by atoms with E-state index in [1.165, 1.54) is 26.0 Å². The highest BCUT2D eigenvalue weighted by molar-refractivity contribution is 7.52. The lowest BCUT2D eigenvalue weighted by Crippen LogP contribution is -2.41. The van der Waals surface area contributed by atoms with Gasteiger partial charge in [-0.05, 0) is 32.9 Å². The SMILES string of the molecule is [2H]C([2H])([2H])Oc1nc(N)nc2c1ncn2[C@@H]1O[C@H](COP(=O)(N[C@@H](C)C(C)=O)Oc2ccccc2)[C@@H](O)[C@@]1(C)F. The molecule has 0 spiro atoms. The Hall–Kier alpha value is -3.16. The van der Waals surface area contributed by atoms with Crippen molar-refractivity contribution in [1.29, 1.82) is 0 Å². The number of ether oxygens (including phenoxy) is 2. The number of hydrogen-bond acceptors (Lipinski definition) is 11. The van der Waals surface area contributed by atoms with E-state index in [0.29, 0.717) is 0 Å². The fourth-order valence-corrected chi connectivity index (χ4v) is 5.29. The topological polar surface area (TPSA) is 173 Å². The minimum Gasteiger partial charge on any atom is -0.479 e. The van der Waals surface area contributed by atoms with Crippen molar-refractivity contribution in [3.8, 4) is 11.6 Å². The smallest absolute Gasteiger partial charge is 0.459 e. The van der Waals surface area contributed by atoms with Gasteiger partial charge in [-0.1, -0.05) is 18.2 Å². The normalized spacial score (nSPS) is 27.6. The Bertz CT molecular complexity index is 1430. The number of ketones is 1. The van der Waals surface area contributed by atoms with E-state index in [9.17, 15) is 14.5 Å². The number of halogens is 1. The van der Waals surface area contributed by atoms with E-state index in [1.54, 1.807) is 18.2 Å². The molecule has 1 aliphatic rings. The van der Waals surface area contributed by atoms with E-state index in [4.69, 9.17) is 28.4 Å². The molecule has 1 aliphatic heterocycles. The Balaban J connectivity index is 1.59. The third-order valence-electron chi connectivity index (χ3n) is 5.81. The molecular formula is C22H28FN6O7P. The highest BCUT2D eigenvalue weighted by atomic mass is 31.2. The predicted molar refractivity (Wildman–Crippen MR) is 130 cm³/mol. The van der Waals surface area contributed by atoms with Crippen LogP contribution in [0.25, 0.3) is 11.2 Å². The molecule has 13 nitrogen and oxygen atoms in total. The van der Waals surface area contributed by atoms with Crippen molar-refractivity contribution in [2.75, 3.05) is 19.4 Å². The molecule has 37 heavy (non-hydrogen) atoms. The van der Waals surface area contributed by atoms with E-state index < -0.39 is 57.4 Å². The molecule has 1 unspecified atom stereocenters. The number of nitrogens with one attached hydrogen (secondary N) is 1. The first kappa shape index (κ1) is 23.0. The molecule has 1 saturated heterocycles. The van der Waals surface area contributed by atoms with E-state index in [2.05, 4.69) is 20.0 Å². The third-order valence-corrected chi connectivity index (χ3v) is 7.46. The first-order chi connectivity index (χ1) is 18.6. The van der Waals surface area contributed by atoms with Crippen LogP contribution in [0.4, 0.5) is 10.3 Å². The molecule has 200 valence electrons. The summed E-state index contributed by atoms with van der Waals surface area (Å²) >= 11 is 0. The second-order valence-electron chi connectivity index (χ2n) is 8.60. The van der Waals surface area contributed by atoms with Gasteiger partial charge in [-0.25, -0.2) is 19.0 Å². The number of nitrogens with zero attached hydrogens (tertiary/aromatic N) is 4.